The molecule has 17 rings (SSSR count). The minimum Gasteiger partial charge on any atom is -0.490 e. The van der Waals surface area contributed by atoms with Crippen molar-refractivity contribution in [1.29, 1.82) is 0 Å². The first-order valence-electron chi connectivity index (χ1n) is 47.5. The molecule has 0 amide bonds. The zero-order valence-corrected chi connectivity index (χ0v) is 86.8. The van der Waals surface area contributed by atoms with Gasteiger partial charge in [-0.15, -0.1) is 0 Å². The molecular weight excluding hydrogens is 2060 g/mol. The van der Waals surface area contributed by atoms with Crippen molar-refractivity contribution in [3.8, 4) is 23.0 Å². The Labute approximate surface area is 844 Å². The minimum atomic E-state index is -4.20. The van der Waals surface area contributed by atoms with Crippen LogP contribution >= 0.6 is 46.4 Å². The van der Waals surface area contributed by atoms with Gasteiger partial charge in [-0.1, -0.05) is 81.0 Å². The van der Waals surface area contributed by atoms with E-state index in [0.29, 0.717) is 104 Å². The van der Waals surface area contributed by atoms with Crippen molar-refractivity contribution in [3.63, 3.8) is 0 Å². The highest BCUT2D eigenvalue weighted by Gasteiger charge is 2.65. The Morgan fingerprint density at radius 2 is 0.599 bits per heavy atom. The topological polar surface area (TPSA) is 313 Å². The van der Waals surface area contributed by atoms with Gasteiger partial charge in [0.15, 0.2) is 95.5 Å². The van der Waals surface area contributed by atoms with Gasteiger partial charge < -0.3 is 37.9 Å². The fourth-order valence-corrected chi connectivity index (χ4v) is 33.9. The first kappa shape index (κ1) is 110. The lowest BCUT2D eigenvalue weighted by Crippen LogP contribution is -2.53. The average molecular weight is 2180 g/mol. The molecule has 0 aromatic heterocycles. The van der Waals surface area contributed by atoms with E-state index in [4.69, 9.17) is 84.3 Å². The van der Waals surface area contributed by atoms with Gasteiger partial charge in [0.2, 0.25) is 0 Å². The molecule has 142 heavy (non-hydrogen) atoms. The number of rotatable bonds is 32. The second-order valence-electron chi connectivity index (χ2n) is 38.6. The maximum Gasteiger partial charge on any atom is 0.188 e. The molecule has 5 aliphatic carbocycles. The number of halogens is 12. The van der Waals surface area contributed by atoms with E-state index in [1.807, 2.05) is 27.7 Å². The summed E-state index contributed by atoms with van der Waals surface area (Å²) in [5.41, 5.74) is -1.46. The maximum atomic E-state index is 15.3. The average Bonchev–Trinajstić information content (AvgIpc) is 0.753. The van der Waals surface area contributed by atoms with Gasteiger partial charge in [0.05, 0.1) is 109 Å². The third-order valence-electron chi connectivity index (χ3n) is 28.8. The zero-order valence-electron chi connectivity index (χ0n) is 78.9. The Kier molecular flexibility index (Phi) is 34.8. The van der Waals surface area contributed by atoms with Gasteiger partial charge in [-0.3, -0.25) is 9.59 Å². The third-order valence-corrected chi connectivity index (χ3v) is 44.3. The van der Waals surface area contributed by atoms with Gasteiger partial charge in [0.1, 0.15) is 63.7 Å². The number of hydrogen-bond acceptors (Lipinski definition) is 22. The molecule has 0 unspecified atom stereocenters. The highest BCUT2D eigenvalue weighted by atomic mass is 35.5. The number of ketones is 2. The van der Waals surface area contributed by atoms with E-state index in [2.05, 4.69) is 0 Å². The summed E-state index contributed by atoms with van der Waals surface area (Å²) in [6.07, 6.45) is 6.66. The normalized spacial score (nSPS) is 24.5. The molecule has 12 atom stereocenters. The Bertz CT molecular complexity index is 6670. The van der Waals surface area contributed by atoms with Crippen molar-refractivity contribution in [1.82, 2.24) is 0 Å². The molecule has 5 fully saturated rings. The predicted octanol–water partition coefficient (Wildman–Crippen LogP) is 21.8. The van der Waals surface area contributed by atoms with E-state index < -0.39 is 154 Å². The van der Waals surface area contributed by atoms with Crippen LogP contribution in [-0.4, -0.2) is 162 Å². The first-order valence-corrected chi connectivity index (χ1v) is 58.5. The van der Waals surface area contributed by atoms with Crippen molar-refractivity contribution in [2.75, 3.05) is 70.1 Å². The molecule has 9 aliphatic rings. The van der Waals surface area contributed by atoms with Crippen LogP contribution in [0.25, 0.3) is 0 Å². The van der Waals surface area contributed by atoms with Gasteiger partial charge in [-0.25, -0.2) is 85.6 Å². The smallest absolute Gasteiger partial charge is 0.188 e. The first-order chi connectivity index (χ1) is 67.2. The standard InChI is InChI=1S/C27H31ClF2O5S.C26H29ClF2O5S.C25H27ClF2O6S2.C24H27ClF2O6S2/c1-26(2,3)23(31)5-4-14-34-19-12-13-27(36(32,33)20-8-6-18(28)7-9-20)17(15-19)16-35-25-22(30)11-10-21(29)24(25)27;1-2-4-19(30)5-3-14-33-20-12-13-26(35(31,32)21-8-6-18(27)7-9-21)17(15-20)16-34-25-23(29)11-10-22(28)24(25)26;26-17-2-4-20(5-3-17)36(31,32)25-11-10-18(33-12-1-13-35(29,30)19-6-7-19)14-16(25)15-34-24-22(28)9-8-21(27)23(24)25;1-2-34(28,29)13-3-12-32-18-10-11-24(35(30,31)19-6-4-17(25)5-7-19)16(14-18)15-33-23-21(27)9-8-20(26)22(23)24/h6-11,17,19H,4-5,12-16H2,1-3H3;6-11,17,20H,2-5,12-16H2,1H3;2-5,8-9,16,18-19H,1,6-7,10-15H2;4-9,16,18H,2-3,10-15H2,1H3/t17-,19-,27+;17-,20-,26+;16-,18-,25+;16-,18-,24+/m1111/s1. The number of hydrogen-bond donors (Lipinski definition) is 0. The lowest BCUT2D eigenvalue weighted by Gasteiger charge is -2.48. The maximum absolute atomic E-state index is 15.3. The van der Waals surface area contributed by atoms with Gasteiger partial charge >= 0.3 is 0 Å². The number of benzene rings is 8. The molecule has 0 spiro atoms. The van der Waals surface area contributed by atoms with E-state index in [1.54, 1.807) is 6.92 Å². The van der Waals surface area contributed by atoms with E-state index >= 15 is 17.6 Å². The Balaban J connectivity index is 0.000000150. The van der Waals surface area contributed by atoms with E-state index in [-0.39, 0.29) is 214 Å². The van der Waals surface area contributed by atoms with Crippen molar-refractivity contribution in [2.45, 2.75) is 244 Å². The largest absolute Gasteiger partial charge is 0.490 e. The summed E-state index contributed by atoms with van der Waals surface area (Å²) in [6, 6.07) is 30.2. The Hall–Kier alpha value is -7.56. The monoisotopic (exact) mass is 2170 g/mol. The van der Waals surface area contributed by atoms with Crippen LogP contribution in [0, 0.1) is 75.6 Å². The van der Waals surface area contributed by atoms with Crippen LogP contribution in [0.4, 0.5) is 35.1 Å². The molecule has 0 bridgehead atoms. The summed E-state index contributed by atoms with van der Waals surface area (Å²) < 4.78 is 320. The van der Waals surface area contributed by atoms with Crippen LogP contribution < -0.4 is 18.9 Å². The molecule has 0 radical (unpaired) electrons. The summed E-state index contributed by atoms with van der Waals surface area (Å²) in [4.78, 5) is 23.9. The SMILES string of the molecule is CC(C)(C)C(=O)CCCO[C@@H]1CC[C@@]2(S(=O)(=O)c3ccc(Cl)cc3)c3c(F)ccc(F)c3OC[C@H]2C1.CCCC(=O)CCCO[C@@H]1CC[C@@]2(S(=O)(=O)c3ccc(Cl)cc3)c3c(F)ccc(F)c3OC[C@H]2C1.CCS(=O)(=O)CCCO[C@@H]1CC[C@@]2(S(=O)(=O)c3ccc(Cl)cc3)c3c(F)ccc(F)c3OC[C@H]2C1.O=S(=O)(CCCO[C@@H]1CC[C@@]2(S(=O)(=O)c3ccc(Cl)cc3)c3c(F)ccc(F)c3OC[C@H]2C1)C1CC1. The summed E-state index contributed by atoms with van der Waals surface area (Å²) in [7, 11) is -22.9. The van der Waals surface area contributed by atoms with Crippen LogP contribution in [0.1, 0.15) is 198 Å². The summed E-state index contributed by atoms with van der Waals surface area (Å²) in [5.74, 6) is -10.2. The molecule has 40 heteroatoms. The van der Waals surface area contributed by atoms with Gasteiger partial charge in [-0.05, 0) is 268 Å². The number of ether oxygens (including phenoxy) is 8. The van der Waals surface area contributed by atoms with Crippen LogP contribution in [-0.2, 0) is 107 Å². The summed E-state index contributed by atoms with van der Waals surface area (Å²) in [5, 5.41) is 1.23. The second kappa shape index (κ2) is 44.9. The highest BCUT2D eigenvalue weighted by Crippen LogP contribution is 2.63. The molecule has 0 N–H and O–H groups in total. The lowest BCUT2D eigenvalue weighted by molar-refractivity contribution is -0.126. The van der Waals surface area contributed by atoms with Crippen LogP contribution in [0.2, 0.25) is 20.1 Å². The van der Waals surface area contributed by atoms with E-state index in [0.717, 1.165) is 67.8 Å². The Morgan fingerprint density at radius 3 is 0.852 bits per heavy atom. The van der Waals surface area contributed by atoms with Gasteiger partial charge in [0, 0.05) is 101 Å². The number of carbonyl (C=O) groups is 2. The number of carbonyl (C=O) groups excluding carboxylic acids is 2. The number of fused-ring (bicyclic) bond motifs is 12. The fourth-order valence-electron chi connectivity index (χ4n) is 21.4. The van der Waals surface area contributed by atoms with Crippen LogP contribution in [0.15, 0.2) is 165 Å². The second-order valence-corrected chi connectivity index (χ2v) is 54.0. The molecule has 4 aliphatic heterocycles. The number of sulfone groups is 6. The van der Waals surface area contributed by atoms with Crippen molar-refractivity contribution < 1.29 is 133 Å². The van der Waals surface area contributed by atoms with Crippen molar-refractivity contribution >= 4 is 117 Å². The van der Waals surface area contributed by atoms with Crippen LogP contribution in [0.5, 0.6) is 23.0 Å². The lowest BCUT2D eigenvalue weighted by atomic mass is 9.72. The van der Waals surface area contributed by atoms with Gasteiger partial charge in [0.25, 0.3) is 0 Å². The van der Waals surface area contributed by atoms with E-state index in [9.17, 15) is 77.7 Å². The van der Waals surface area contributed by atoms with Crippen molar-refractivity contribution in [3.05, 3.63) is 234 Å². The third kappa shape index (κ3) is 22.4. The molecule has 8 aromatic carbocycles. The summed E-state index contributed by atoms with van der Waals surface area (Å²) >= 11 is 23.8. The minimum absolute atomic E-state index is 0.00258. The zero-order chi connectivity index (χ0) is 103. The fraction of sp³-hybridized carbons (Fsp3) is 0.510. The predicted molar refractivity (Wildman–Crippen MR) is 520 cm³/mol. The van der Waals surface area contributed by atoms with Crippen molar-refractivity contribution in [2.24, 2.45) is 29.1 Å². The molecule has 4 heterocycles. The number of Topliss-reactive ketones (excluding diaryl/α,β-unsaturated/α-hetero) is 2. The molecular formula is C102H114Cl4F8O22S6. The highest BCUT2D eigenvalue weighted by molar-refractivity contribution is 7.94. The van der Waals surface area contributed by atoms with Crippen LogP contribution in [0.3, 0.4) is 0 Å². The molecule has 22 nitrogen and oxygen atoms in total. The molecule has 0 saturated heterocycles. The van der Waals surface area contributed by atoms with E-state index in [1.165, 1.54) is 97.1 Å². The Morgan fingerprint density at radius 1 is 0.345 bits per heavy atom. The summed E-state index contributed by atoms with van der Waals surface area (Å²) in [6.45, 7) is 9.94. The molecule has 8 aromatic rings. The van der Waals surface area contributed by atoms with Gasteiger partial charge in [-0.2, -0.15) is 0 Å². The molecule has 774 valence electrons. The quantitative estimate of drug-likeness (QED) is 0.0279. The molecule has 5 saturated carbocycles.